The van der Waals surface area contributed by atoms with Gasteiger partial charge in [-0.25, -0.2) is 19.9 Å². The van der Waals surface area contributed by atoms with Crippen LogP contribution < -0.4 is 10.1 Å². The number of ether oxygens (including phenoxy) is 1. The van der Waals surface area contributed by atoms with Crippen molar-refractivity contribution in [3.8, 4) is 17.3 Å². The number of hydrogen-bond acceptors (Lipinski definition) is 8. The van der Waals surface area contributed by atoms with Crippen molar-refractivity contribution in [1.82, 2.24) is 19.9 Å². The molecule has 3 aromatic heterocycles. The zero-order valence-corrected chi connectivity index (χ0v) is 18.9. The van der Waals surface area contributed by atoms with Crippen LogP contribution in [0.5, 0.6) is 6.01 Å². The molecule has 0 aliphatic heterocycles. The molecule has 0 aliphatic carbocycles. The van der Waals surface area contributed by atoms with E-state index in [1.807, 2.05) is 32.0 Å². The molecule has 0 unspecified atom stereocenters. The van der Waals surface area contributed by atoms with Crippen molar-refractivity contribution >= 4 is 33.3 Å². The normalized spacial score (nSPS) is 10.6. The molecule has 4 aromatic rings. The summed E-state index contributed by atoms with van der Waals surface area (Å²) in [6.07, 6.45) is 7.16. The number of hydrogen-bond donors (Lipinski definition) is 1. The van der Waals surface area contributed by atoms with E-state index in [1.165, 1.54) is 19.5 Å². The van der Waals surface area contributed by atoms with Crippen molar-refractivity contribution in [2.75, 3.05) is 12.4 Å². The zero-order valence-electron chi connectivity index (χ0n) is 18.1. The molecule has 0 amide bonds. The van der Waals surface area contributed by atoms with Crippen LogP contribution in [0.4, 0.5) is 15.2 Å². The molecule has 4 rings (SSSR count). The van der Waals surface area contributed by atoms with Crippen LogP contribution in [-0.4, -0.2) is 27.0 Å². The molecule has 7 nitrogen and oxygen atoms in total. The lowest BCUT2D eigenvalue weighted by Crippen LogP contribution is -1.93. The molecule has 0 radical (unpaired) electrons. The summed E-state index contributed by atoms with van der Waals surface area (Å²) in [6, 6.07) is 5.81. The van der Waals surface area contributed by atoms with Crippen LogP contribution in [0.3, 0.4) is 0 Å². The Balaban J connectivity index is 0.00000118. The van der Waals surface area contributed by atoms with Gasteiger partial charge in [0.25, 0.3) is 0 Å². The van der Waals surface area contributed by atoms with E-state index in [0.717, 1.165) is 59.7 Å². The van der Waals surface area contributed by atoms with Gasteiger partial charge in [-0.3, -0.25) is 0 Å². The van der Waals surface area contributed by atoms with Gasteiger partial charge in [-0.15, -0.1) is 0 Å². The predicted molar refractivity (Wildman–Crippen MR) is 124 cm³/mol. The van der Waals surface area contributed by atoms with Gasteiger partial charge in [-0.05, 0) is 24.6 Å². The molecule has 166 valence electrons. The number of aromatic nitrogens is 4. The molecule has 0 saturated heterocycles. The van der Waals surface area contributed by atoms with Gasteiger partial charge in [0.05, 0.1) is 7.11 Å². The highest BCUT2D eigenvalue weighted by Gasteiger charge is 2.15. The number of aryl methyl sites for hydroxylation is 1. The maximum Gasteiger partial charge on any atom is 0.316 e. The van der Waals surface area contributed by atoms with E-state index in [9.17, 15) is 4.39 Å². The van der Waals surface area contributed by atoms with Crippen LogP contribution in [-0.2, 0) is 6.42 Å². The Hall–Kier alpha value is -3.07. The van der Waals surface area contributed by atoms with Crippen LogP contribution in [0, 0.1) is 5.13 Å². The number of fused-ring (bicyclic) bond motifs is 1. The quantitative estimate of drug-likeness (QED) is 0.304. The molecule has 1 N–H and O–H groups in total. The highest BCUT2D eigenvalue weighted by Crippen LogP contribution is 2.31. The van der Waals surface area contributed by atoms with E-state index in [4.69, 9.17) is 9.15 Å². The van der Waals surface area contributed by atoms with Crippen LogP contribution in [0.1, 0.15) is 47.4 Å². The number of benzene rings is 1. The molecular weight excluding hydrogens is 417 g/mol. The molecule has 1 aromatic carbocycles. The number of rotatable bonds is 8. The van der Waals surface area contributed by atoms with Crippen LogP contribution in [0.15, 0.2) is 35.0 Å². The van der Waals surface area contributed by atoms with Crippen molar-refractivity contribution in [3.63, 3.8) is 0 Å². The van der Waals surface area contributed by atoms with Crippen LogP contribution in [0.25, 0.3) is 22.4 Å². The van der Waals surface area contributed by atoms with Crippen LogP contribution >= 0.6 is 11.3 Å². The van der Waals surface area contributed by atoms with Gasteiger partial charge >= 0.3 is 6.01 Å². The molecular formula is C22H28FN5O2S. The molecule has 0 bridgehead atoms. The second-order valence-electron chi connectivity index (χ2n) is 6.47. The lowest BCUT2D eigenvalue weighted by molar-refractivity contribution is 0.380. The summed E-state index contributed by atoms with van der Waals surface area (Å²) < 4.78 is 25.1. The molecule has 31 heavy (non-hydrogen) atoms. The number of thiazole rings is 1. The second kappa shape index (κ2) is 10.8. The fourth-order valence-electron chi connectivity index (χ4n) is 2.89. The standard InChI is InChI=1S/C20H20FN5O2S.C2H6.H2/c1-3-4-5-6-16-25-14-9-13(7-8-15(14)28-16)24-20-26-17(18(21)29-20)12-10-22-19(27-2)23-11-12;1-2;/h7-11H,3-6H2,1-2H3,(H,24,26);1-2H3;1H. The molecule has 9 heteroatoms. The van der Waals surface area contributed by atoms with Gasteiger partial charge in [-0.1, -0.05) is 44.9 Å². The summed E-state index contributed by atoms with van der Waals surface area (Å²) in [5.41, 5.74) is 2.94. The largest absolute Gasteiger partial charge is 0.467 e. The summed E-state index contributed by atoms with van der Waals surface area (Å²) >= 11 is 0.919. The Morgan fingerprint density at radius 1 is 1.16 bits per heavy atom. The van der Waals surface area contributed by atoms with E-state index in [2.05, 4.69) is 32.2 Å². The summed E-state index contributed by atoms with van der Waals surface area (Å²) in [5, 5.41) is 3.15. The first-order valence-electron chi connectivity index (χ1n) is 10.4. The summed E-state index contributed by atoms with van der Waals surface area (Å²) in [7, 11) is 1.47. The van der Waals surface area contributed by atoms with E-state index in [-0.39, 0.29) is 13.1 Å². The number of nitrogens with one attached hydrogen (secondary N) is 1. The SMILES string of the molecule is CC.CCCCCc1nc2cc(Nc3nc(-c4cnc(OC)nc4)c(F)s3)ccc2o1.[HH]. The average Bonchev–Trinajstić information content (AvgIpc) is 3.37. The number of halogens is 1. The molecule has 0 aliphatic rings. The minimum atomic E-state index is -0.415. The van der Waals surface area contributed by atoms with Crippen molar-refractivity contribution in [3.05, 3.63) is 41.6 Å². The van der Waals surface area contributed by atoms with Gasteiger partial charge in [-0.2, -0.15) is 4.39 Å². The Kier molecular flexibility index (Phi) is 7.88. The van der Waals surface area contributed by atoms with Crippen LogP contribution in [0.2, 0.25) is 0 Å². The zero-order chi connectivity index (χ0) is 22.2. The van der Waals surface area contributed by atoms with E-state index in [0.29, 0.717) is 10.7 Å². The van der Waals surface area contributed by atoms with Gasteiger partial charge in [0.15, 0.2) is 16.6 Å². The first kappa shape index (κ1) is 22.6. The maximum atomic E-state index is 14.4. The van der Waals surface area contributed by atoms with E-state index in [1.54, 1.807) is 0 Å². The highest BCUT2D eigenvalue weighted by atomic mass is 32.1. The van der Waals surface area contributed by atoms with Gasteiger partial charge in [0.2, 0.25) is 5.13 Å². The fraction of sp³-hybridized carbons (Fsp3) is 0.364. The van der Waals surface area contributed by atoms with Crippen molar-refractivity contribution in [2.45, 2.75) is 46.5 Å². The van der Waals surface area contributed by atoms with Gasteiger partial charge < -0.3 is 14.5 Å². The minimum absolute atomic E-state index is 0. The van der Waals surface area contributed by atoms with Crippen molar-refractivity contribution < 1.29 is 15.0 Å². The first-order chi connectivity index (χ1) is 15.2. The molecule has 0 atom stereocenters. The third kappa shape index (κ3) is 5.55. The summed E-state index contributed by atoms with van der Waals surface area (Å²) in [4.78, 5) is 16.9. The fourth-order valence-corrected chi connectivity index (χ4v) is 3.62. The third-order valence-electron chi connectivity index (χ3n) is 4.35. The molecule has 3 heterocycles. The van der Waals surface area contributed by atoms with Gasteiger partial charge in [0, 0.05) is 31.5 Å². The average molecular weight is 446 g/mol. The summed E-state index contributed by atoms with van der Waals surface area (Å²) in [5.74, 6) is 0.743. The number of methoxy groups -OCH3 is 1. The Morgan fingerprint density at radius 3 is 2.65 bits per heavy atom. The van der Waals surface area contributed by atoms with Crippen molar-refractivity contribution in [1.29, 1.82) is 0 Å². The molecule has 0 fully saturated rings. The lowest BCUT2D eigenvalue weighted by atomic mass is 10.2. The number of anilines is 2. The second-order valence-corrected chi connectivity index (χ2v) is 7.42. The Labute approximate surface area is 186 Å². The molecule has 0 saturated carbocycles. The topological polar surface area (TPSA) is 86.0 Å². The predicted octanol–water partition coefficient (Wildman–Crippen LogP) is 6.64. The van der Waals surface area contributed by atoms with E-state index >= 15 is 0 Å². The molecule has 0 spiro atoms. The Bertz CT molecular complexity index is 1120. The smallest absolute Gasteiger partial charge is 0.316 e. The minimum Gasteiger partial charge on any atom is -0.467 e. The van der Waals surface area contributed by atoms with E-state index < -0.39 is 5.13 Å². The number of oxazole rings is 1. The third-order valence-corrected chi connectivity index (χ3v) is 5.11. The highest BCUT2D eigenvalue weighted by molar-refractivity contribution is 7.14. The number of unbranched alkanes of at least 4 members (excludes halogenated alkanes) is 2. The summed E-state index contributed by atoms with van der Waals surface area (Å²) in [6.45, 7) is 6.17. The van der Waals surface area contributed by atoms with Gasteiger partial charge in [0.1, 0.15) is 11.2 Å². The van der Waals surface area contributed by atoms with Crippen molar-refractivity contribution in [2.24, 2.45) is 0 Å². The number of nitrogens with zero attached hydrogens (tertiary/aromatic N) is 4. The maximum absolute atomic E-state index is 14.4. The first-order valence-corrected chi connectivity index (χ1v) is 11.2. The lowest BCUT2D eigenvalue weighted by Gasteiger charge is -2.01. The Morgan fingerprint density at radius 2 is 1.94 bits per heavy atom. The monoisotopic (exact) mass is 445 g/mol.